The van der Waals surface area contributed by atoms with Gasteiger partial charge in [0, 0.05) is 30.4 Å². The van der Waals surface area contributed by atoms with Gasteiger partial charge in [-0.1, -0.05) is 36.0 Å². The molecule has 0 radical (unpaired) electrons. The smallest absolute Gasteiger partial charge is 0.307 e. The van der Waals surface area contributed by atoms with E-state index in [0.29, 0.717) is 11.3 Å². The fraction of sp³-hybridized carbons (Fsp3) is 0.357. The third-order valence-electron chi connectivity index (χ3n) is 2.73. The molecule has 0 fully saturated rings. The summed E-state index contributed by atoms with van der Waals surface area (Å²) in [5, 5.41) is 8.93. The van der Waals surface area contributed by atoms with Crippen molar-refractivity contribution in [2.24, 2.45) is 5.92 Å². The van der Waals surface area contributed by atoms with Gasteiger partial charge in [-0.3, -0.25) is 14.4 Å². The van der Waals surface area contributed by atoms with Crippen LogP contribution >= 0.6 is 24.4 Å². The van der Waals surface area contributed by atoms with Gasteiger partial charge in [0.1, 0.15) is 0 Å². The molecule has 0 aliphatic rings. The number of benzene rings is 1. The molecule has 0 saturated heterocycles. The minimum atomic E-state index is -1.06. The van der Waals surface area contributed by atoms with Crippen LogP contribution in [0.15, 0.2) is 24.3 Å². The minimum absolute atomic E-state index is 0.101. The predicted octanol–water partition coefficient (Wildman–Crippen LogP) is 2.67. The highest BCUT2D eigenvalue weighted by molar-refractivity contribution is 8.13. The van der Waals surface area contributed by atoms with Gasteiger partial charge in [-0.15, -0.1) is 0 Å². The van der Waals surface area contributed by atoms with Crippen molar-refractivity contribution in [3.8, 4) is 0 Å². The van der Waals surface area contributed by atoms with E-state index in [1.807, 2.05) is 0 Å². The van der Waals surface area contributed by atoms with Crippen LogP contribution in [0.25, 0.3) is 0 Å². The Balaban J connectivity index is 2.69. The first-order valence-electron chi connectivity index (χ1n) is 6.03. The number of hydrogen-bond donors (Lipinski definition) is 2. The van der Waals surface area contributed by atoms with E-state index in [1.54, 1.807) is 24.3 Å². The Bertz CT molecular complexity index is 496. The molecule has 1 atom stereocenters. The van der Waals surface area contributed by atoms with E-state index in [-0.39, 0.29) is 23.1 Å². The zero-order chi connectivity index (χ0) is 15.1. The number of aliphatic carboxylic acids is 1. The van der Waals surface area contributed by atoms with E-state index in [1.165, 1.54) is 6.92 Å². The topological polar surface area (TPSA) is 71.4 Å². The first-order valence-corrected chi connectivity index (χ1v) is 7.65. The highest BCUT2D eigenvalue weighted by Crippen LogP contribution is 2.17. The van der Waals surface area contributed by atoms with Crippen LogP contribution in [-0.2, 0) is 15.3 Å². The molecule has 0 heterocycles. The minimum Gasteiger partial charge on any atom is -0.481 e. The Labute approximate surface area is 127 Å². The van der Waals surface area contributed by atoms with Crippen molar-refractivity contribution in [1.29, 1.82) is 0 Å². The van der Waals surface area contributed by atoms with Crippen molar-refractivity contribution in [3.05, 3.63) is 35.4 Å². The molecule has 108 valence electrons. The van der Waals surface area contributed by atoms with Crippen molar-refractivity contribution in [2.45, 2.75) is 19.1 Å². The molecule has 1 N–H and O–H groups in total. The van der Waals surface area contributed by atoms with Gasteiger partial charge in [0.2, 0.25) is 0 Å². The maximum Gasteiger partial charge on any atom is 0.307 e. The number of Topliss-reactive ketones (excluding diaryl/α,β-unsaturated/α-hetero) is 1. The number of hydrogen-bond acceptors (Lipinski definition) is 5. The van der Waals surface area contributed by atoms with Gasteiger partial charge in [0.15, 0.2) is 10.9 Å². The molecule has 0 bridgehead atoms. The molecular formula is C14H16O4S2. The number of rotatable bonds is 7. The molecular weight excluding hydrogens is 296 g/mol. The Morgan fingerprint density at radius 1 is 1.25 bits per heavy atom. The number of ketones is 1. The van der Waals surface area contributed by atoms with E-state index in [4.69, 9.17) is 5.11 Å². The summed E-state index contributed by atoms with van der Waals surface area (Å²) in [7, 11) is 0. The average Bonchev–Trinajstić information content (AvgIpc) is 2.42. The van der Waals surface area contributed by atoms with Crippen LogP contribution in [0.4, 0.5) is 0 Å². The van der Waals surface area contributed by atoms with E-state index >= 15 is 0 Å². The highest BCUT2D eigenvalue weighted by atomic mass is 32.2. The molecule has 1 rings (SSSR count). The third kappa shape index (κ3) is 5.38. The molecule has 1 aromatic rings. The molecule has 1 unspecified atom stereocenters. The second-order valence-electron chi connectivity index (χ2n) is 4.32. The van der Waals surface area contributed by atoms with Gasteiger partial charge in [-0.05, 0) is 5.56 Å². The normalized spacial score (nSPS) is 11.9. The zero-order valence-electron chi connectivity index (χ0n) is 11.0. The van der Waals surface area contributed by atoms with Crippen LogP contribution in [0.5, 0.6) is 0 Å². The number of carbonyl (C=O) groups is 3. The molecule has 0 aliphatic heterocycles. The first kappa shape index (κ1) is 16.8. The van der Waals surface area contributed by atoms with Gasteiger partial charge >= 0.3 is 5.97 Å². The Morgan fingerprint density at radius 3 is 2.30 bits per heavy atom. The molecule has 0 aromatic heterocycles. The fourth-order valence-corrected chi connectivity index (χ4v) is 2.48. The van der Waals surface area contributed by atoms with Crippen LogP contribution in [0, 0.1) is 5.92 Å². The first-order chi connectivity index (χ1) is 9.43. The van der Waals surface area contributed by atoms with Gasteiger partial charge in [-0.2, -0.15) is 12.6 Å². The summed E-state index contributed by atoms with van der Waals surface area (Å²) in [5.41, 5.74) is 1.47. The molecule has 0 spiro atoms. The lowest BCUT2D eigenvalue weighted by Crippen LogP contribution is -2.21. The summed E-state index contributed by atoms with van der Waals surface area (Å²) in [6, 6.07) is 6.93. The molecule has 0 aliphatic carbocycles. The quantitative estimate of drug-likeness (QED) is 0.598. The van der Waals surface area contributed by atoms with Crippen LogP contribution in [0.3, 0.4) is 0 Å². The van der Waals surface area contributed by atoms with Gasteiger partial charge in [0.25, 0.3) is 0 Å². The Morgan fingerprint density at radius 2 is 1.85 bits per heavy atom. The molecule has 1 aromatic carbocycles. The van der Waals surface area contributed by atoms with Gasteiger partial charge < -0.3 is 5.11 Å². The molecule has 6 heteroatoms. The molecule has 0 amide bonds. The number of carboxylic acids is 1. The highest BCUT2D eigenvalue weighted by Gasteiger charge is 2.22. The molecule has 4 nitrogen and oxygen atoms in total. The van der Waals surface area contributed by atoms with Crippen LogP contribution < -0.4 is 0 Å². The monoisotopic (exact) mass is 312 g/mol. The van der Waals surface area contributed by atoms with E-state index in [9.17, 15) is 14.4 Å². The summed E-state index contributed by atoms with van der Waals surface area (Å²) in [6.45, 7) is 1.38. The van der Waals surface area contributed by atoms with Crippen molar-refractivity contribution < 1.29 is 19.5 Å². The van der Waals surface area contributed by atoms with Gasteiger partial charge in [-0.25, -0.2) is 0 Å². The lowest BCUT2D eigenvalue weighted by atomic mass is 9.99. The lowest BCUT2D eigenvalue weighted by Gasteiger charge is -2.10. The van der Waals surface area contributed by atoms with E-state index in [2.05, 4.69) is 12.6 Å². The summed E-state index contributed by atoms with van der Waals surface area (Å²) in [6.07, 6.45) is -0.101. The SMILES string of the molecule is CC(=O)SCC(CC(=O)c1ccc(CS)cc1)C(=O)O. The maximum atomic E-state index is 12.0. The fourth-order valence-electron chi connectivity index (χ4n) is 1.57. The van der Waals surface area contributed by atoms with Crippen molar-refractivity contribution in [1.82, 2.24) is 0 Å². The standard InChI is InChI=1S/C14H16O4S2/c1-9(15)20-8-12(14(17)18)6-13(16)11-4-2-10(7-19)3-5-11/h2-5,12,19H,6-8H2,1H3,(H,17,18). The van der Waals surface area contributed by atoms with Crippen molar-refractivity contribution in [2.75, 3.05) is 5.75 Å². The lowest BCUT2D eigenvalue weighted by molar-refractivity contribution is -0.140. The van der Waals surface area contributed by atoms with Crippen LogP contribution in [0.2, 0.25) is 0 Å². The third-order valence-corrected chi connectivity index (χ3v) is 4.07. The number of thioether (sulfide) groups is 1. The molecule has 20 heavy (non-hydrogen) atoms. The predicted molar refractivity (Wildman–Crippen MR) is 82.3 cm³/mol. The Hall–Kier alpha value is -1.27. The second kappa shape index (κ2) is 8.11. The summed E-state index contributed by atoms with van der Waals surface area (Å²) in [4.78, 5) is 34.0. The van der Waals surface area contributed by atoms with Crippen molar-refractivity contribution >= 4 is 41.3 Å². The molecule has 0 saturated carbocycles. The summed E-state index contributed by atoms with van der Waals surface area (Å²) in [5.74, 6) is -1.43. The van der Waals surface area contributed by atoms with Crippen LogP contribution in [-0.4, -0.2) is 27.7 Å². The number of carbonyl (C=O) groups excluding carboxylic acids is 2. The zero-order valence-corrected chi connectivity index (χ0v) is 12.7. The average molecular weight is 312 g/mol. The second-order valence-corrected chi connectivity index (χ2v) is 5.83. The summed E-state index contributed by atoms with van der Waals surface area (Å²) >= 11 is 5.06. The van der Waals surface area contributed by atoms with E-state index < -0.39 is 11.9 Å². The largest absolute Gasteiger partial charge is 0.481 e. The van der Waals surface area contributed by atoms with Crippen molar-refractivity contribution in [3.63, 3.8) is 0 Å². The number of carboxylic acid groups (broad SMARTS) is 1. The summed E-state index contributed by atoms with van der Waals surface area (Å²) < 4.78 is 0. The van der Waals surface area contributed by atoms with E-state index in [0.717, 1.165) is 17.3 Å². The number of thiol groups is 1. The van der Waals surface area contributed by atoms with Crippen LogP contribution in [0.1, 0.15) is 29.3 Å². The van der Waals surface area contributed by atoms with Gasteiger partial charge in [0.05, 0.1) is 5.92 Å². The maximum absolute atomic E-state index is 12.0. The Kier molecular flexibility index (Phi) is 6.81.